The van der Waals surface area contributed by atoms with Crippen molar-refractivity contribution < 1.29 is 35.1 Å². The Labute approximate surface area is 210 Å². The maximum atomic E-state index is 13.8. The first-order valence-electron chi connectivity index (χ1n) is 10.7. The summed E-state index contributed by atoms with van der Waals surface area (Å²) >= 11 is 0. The molecular weight excluding hydrogens is 517 g/mol. The van der Waals surface area contributed by atoms with Crippen molar-refractivity contribution in [2.24, 2.45) is 0 Å². The van der Waals surface area contributed by atoms with Crippen molar-refractivity contribution in [3.63, 3.8) is 0 Å². The van der Waals surface area contributed by atoms with Gasteiger partial charge in [-0.2, -0.15) is 13.2 Å². The van der Waals surface area contributed by atoms with Gasteiger partial charge in [-0.05, 0) is 59.8 Å². The monoisotopic (exact) mass is 539 g/mol. The van der Waals surface area contributed by atoms with Crippen molar-refractivity contribution in [2.45, 2.75) is 11.1 Å². The third kappa shape index (κ3) is 7.37. The van der Waals surface area contributed by atoms with Crippen LogP contribution in [0.4, 0.5) is 27.6 Å². The molecule has 12 heteroatoms. The number of ether oxygens (including phenoxy) is 1. The molecule has 6 nitrogen and oxygen atoms in total. The van der Waals surface area contributed by atoms with E-state index in [2.05, 4.69) is 10.0 Å². The molecule has 0 radical (unpaired) electrons. The molecule has 37 heavy (non-hydrogen) atoms. The van der Waals surface area contributed by atoms with Crippen LogP contribution in [0.2, 0.25) is 0 Å². The zero-order chi connectivity index (χ0) is 27.2. The summed E-state index contributed by atoms with van der Waals surface area (Å²) in [5.41, 5.74) is -1.11. The van der Waals surface area contributed by atoms with Crippen molar-refractivity contribution in [2.75, 3.05) is 25.0 Å². The molecule has 3 rings (SSSR count). The molecule has 0 aromatic heterocycles. The van der Waals surface area contributed by atoms with E-state index < -0.39 is 38.3 Å². The van der Waals surface area contributed by atoms with E-state index in [1.807, 2.05) is 0 Å². The molecule has 0 saturated heterocycles. The molecule has 0 aliphatic rings. The molecule has 0 fully saturated rings. The predicted molar refractivity (Wildman–Crippen MR) is 130 cm³/mol. The van der Waals surface area contributed by atoms with Gasteiger partial charge in [-0.25, -0.2) is 17.2 Å². The Morgan fingerprint density at radius 2 is 1.70 bits per heavy atom. The Bertz CT molecular complexity index is 1400. The van der Waals surface area contributed by atoms with Crippen LogP contribution in [0.3, 0.4) is 0 Å². The van der Waals surface area contributed by atoms with Crippen LogP contribution >= 0.6 is 0 Å². The maximum absolute atomic E-state index is 13.8. The fourth-order valence-electron chi connectivity index (χ4n) is 3.28. The Hall–Kier alpha value is -3.77. The molecule has 196 valence electrons. The van der Waals surface area contributed by atoms with Gasteiger partial charge >= 0.3 is 6.18 Å². The number of allylic oxidation sites excluding steroid dienone is 1. The number of halogens is 5. The van der Waals surface area contributed by atoms with Crippen LogP contribution in [0.25, 0.3) is 11.1 Å². The Kier molecular flexibility index (Phi) is 8.66. The molecule has 3 N–H and O–H groups in total. The van der Waals surface area contributed by atoms with Crippen molar-refractivity contribution in [3.8, 4) is 11.1 Å². The van der Waals surface area contributed by atoms with Gasteiger partial charge in [-0.1, -0.05) is 18.2 Å². The fourth-order valence-corrected chi connectivity index (χ4v) is 4.40. The number of benzene rings is 3. The fraction of sp³-hybridized carbons (Fsp3) is 0.160. The zero-order valence-corrected chi connectivity index (χ0v) is 20.2. The van der Waals surface area contributed by atoms with E-state index in [0.29, 0.717) is 25.3 Å². The quantitative estimate of drug-likeness (QED) is 0.179. The third-order valence-electron chi connectivity index (χ3n) is 5.04. The molecule has 0 bridgehead atoms. The predicted octanol–water partition coefficient (Wildman–Crippen LogP) is 5.57. The standard InChI is InChI=1S/C25H22F5N3O3S/c1-36-10-9-32-8-7-23(31)22-6-5-16(17-11-19(26)15-20(27)12-17)13-24(22)33-37(34,35)21-4-2-3-18(14-21)25(28,29)30/h2-8,11-15,31-33H,9-10H2,1H3/b8-7-,31-23?. The van der Waals surface area contributed by atoms with Crippen LogP contribution in [0, 0.1) is 17.0 Å². The number of hydrogen-bond donors (Lipinski definition) is 3. The van der Waals surface area contributed by atoms with Crippen molar-refractivity contribution in [3.05, 3.63) is 95.7 Å². The van der Waals surface area contributed by atoms with Crippen LogP contribution in [-0.4, -0.2) is 34.4 Å². The van der Waals surface area contributed by atoms with Gasteiger partial charge in [0.05, 0.1) is 28.5 Å². The van der Waals surface area contributed by atoms with Crippen LogP contribution in [0.1, 0.15) is 11.1 Å². The highest BCUT2D eigenvalue weighted by Crippen LogP contribution is 2.32. The summed E-state index contributed by atoms with van der Waals surface area (Å²) in [4.78, 5) is -0.654. The lowest BCUT2D eigenvalue weighted by Crippen LogP contribution is -2.17. The average Bonchev–Trinajstić information content (AvgIpc) is 2.82. The van der Waals surface area contributed by atoms with Gasteiger partial charge in [0, 0.05) is 25.3 Å². The van der Waals surface area contributed by atoms with Crippen molar-refractivity contribution >= 4 is 21.4 Å². The van der Waals surface area contributed by atoms with Crippen molar-refractivity contribution in [1.82, 2.24) is 5.32 Å². The highest BCUT2D eigenvalue weighted by Gasteiger charge is 2.32. The van der Waals surface area contributed by atoms with Gasteiger partial charge in [-0.3, -0.25) is 4.72 Å². The number of nitrogens with one attached hydrogen (secondary N) is 3. The average molecular weight is 540 g/mol. The van der Waals surface area contributed by atoms with E-state index in [0.717, 1.165) is 30.3 Å². The van der Waals surface area contributed by atoms with E-state index >= 15 is 0 Å². The topological polar surface area (TPSA) is 91.3 Å². The lowest BCUT2D eigenvalue weighted by Gasteiger charge is -2.15. The number of anilines is 1. The van der Waals surface area contributed by atoms with Crippen LogP contribution in [0.15, 0.2) is 77.8 Å². The first kappa shape index (κ1) is 27.8. The highest BCUT2D eigenvalue weighted by atomic mass is 32.2. The smallest absolute Gasteiger partial charge is 0.389 e. The summed E-state index contributed by atoms with van der Waals surface area (Å²) in [6, 6.07) is 9.97. The Morgan fingerprint density at radius 1 is 1.00 bits per heavy atom. The van der Waals surface area contributed by atoms with Gasteiger partial charge in [0.2, 0.25) is 0 Å². The van der Waals surface area contributed by atoms with Gasteiger partial charge < -0.3 is 15.5 Å². The van der Waals surface area contributed by atoms with Crippen molar-refractivity contribution in [1.29, 1.82) is 5.41 Å². The minimum Gasteiger partial charge on any atom is -0.389 e. The molecule has 0 amide bonds. The van der Waals surface area contributed by atoms with Crippen LogP contribution in [-0.2, 0) is 20.9 Å². The minimum absolute atomic E-state index is 0.0703. The van der Waals surface area contributed by atoms with E-state index in [1.54, 1.807) is 0 Å². The van der Waals surface area contributed by atoms with Crippen LogP contribution < -0.4 is 10.0 Å². The second-order valence-corrected chi connectivity index (χ2v) is 9.43. The summed E-state index contributed by atoms with van der Waals surface area (Å²) in [5, 5.41) is 11.2. The van der Waals surface area contributed by atoms with E-state index in [-0.39, 0.29) is 28.1 Å². The van der Waals surface area contributed by atoms with Gasteiger partial charge in [0.1, 0.15) is 11.6 Å². The molecule has 0 atom stereocenters. The number of rotatable bonds is 10. The molecule has 0 heterocycles. The first-order valence-corrected chi connectivity index (χ1v) is 12.2. The number of alkyl halides is 3. The van der Waals surface area contributed by atoms with Gasteiger partial charge in [0.15, 0.2) is 0 Å². The summed E-state index contributed by atoms with van der Waals surface area (Å²) in [7, 11) is -3.03. The zero-order valence-electron chi connectivity index (χ0n) is 19.4. The normalized spacial score (nSPS) is 12.1. The summed E-state index contributed by atoms with van der Waals surface area (Å²) in [6.07, 6.45) is -1.97. The maximum Gasteiger partial charge on any atom is 0.416 e. The van der Waals surface area contributed by atoms with Gasteiger partial charge in [0.25, 0.3) is 10.0 Å². The number of hydrogen-bond acceptors (Lipinski definition) is 5. The molecule has 0 aliphatic heterocycles. The second-order valence-electron chi connectivity index (χ2n) is 7.74. The Morgan fingerprint density at radius 3 is 2.35 bits per heavy atom. The van der Waals surface area contributed by atoms with E-state index in [4.69, 9.17) is 10.1 Å². The second kappa shape index (κ2) is 11.5. The molecule has 0 aliphatic carbocycles. The first-order chi connectivity index (χ1) is 17.4. The lowest BCUT2D eigenvalue weighted by molar-refractivity contribution is -0.137. The SMILES string of the molecule is COCCN/C=C\C(=N)c1ccc(-c2cc(F)cc(F)c2)cc1NS(=O)(=O)c1cccc(C(F)(F)F)c1. The third-order valence-corrected chi connectivity index (χ3v) is 6.40. The summed E-state index contributed by atoms with van der Waals surface area (Å²) < 4.78 is 100. The van der Waals surface area contributed by atoms with E-state index in [1.165, 1.54) is 37.6 Å². The molecule has 0 spiro atoms. The highest BCUT2D eigenvalue weighted by molar-refractivity contribution is 7.92. The molecule has 3 aromatic carbocycles. The lowest BCUT2D eigenvalue weighted by atomic mass is 10.00. The number of methoxy groups -OCH3 is 1. The minimum atomic E-state index is -4.76. The molecule has 0 unspecified atom stereocenters. The largest absolute Gasteiger partial charge is 0.416 e. The molecule has 0 saturated carbocycles. The summed E-state index contributed by atoms with van der Waals surface area (Å²) in [6.45, 7) is 0.845. The number of sulfonamides is 1. The van der Waals surface area contributed by atoms with Gasteiger partial charge in [-0.15, -0.1) is 0 Å². The Balaban J connectivity index is 2.04. The van der Waals surface area contributed by atoms with Crippen LogP contribution in [0.5, 0.6) is 0 Å². The molecular formula is C25H22F5N3O3S. The summed E-state index contributed by atoms with van der Waals surface area (Å²) in [5.74, 6) is -1.72. The molecule has 3 aromatic rings. The van der Waals surface area contributed by atoms with E-state index in [9.17, 15) is 30.4 Å².